The van der Waals surface area contributed by atoms with Crippen LogP contribution in [0.15, 0.2) is 83.4 Å². The van der Waals surface area contributed by atoms with E-state index < -0.39 is 5.97 Å². The van der Waals surface area contributed by atoms with Gasteiger partial charge in [-0.1, -0.05) is 53.2 Å². The van der Waals surface area contributed by atoms with Gasteiger partial charge in [0.05, 0.1) is 16.8 Å². The van der Waals surface area contributed by atoms with Crippen LogP contribution >= 0.6 is 11.6 Å². The van der Waals surface area contributed by atoms with E-state index in [-0.39, 0.29) is 5.69 Å². The Labute approximate surface area is 200 Å². The lowest BCUT2D eigenvalue weighted by atomic mass is 9.97. The molecule has 0 atom stereocenters. The first-order valence-corrected chi connectivity index (χ1v) is 10.9. The second-order valence-electron chi connectivity index (χ2n) is 7.81. The Bertz CT molecular complexity index is 1510. The second-order valence-corrected chi connectivity index (χ2v) is 8.24. The van der Waals surface area contributed by atoms with Crippen LogP contribution in [-0.2, 0) is 6.61 Å². The number of pyridine rings is 1. The molecule has 1 N–H and O–H groups in total. The Kier molecular flexibility index (Phi) is 5.74. The van der Waals surface area contributed by atoms with Crippen molar-refractivity contribution in [1.29, 1.82) is 0 Å². The lowest BCUT2D eigenvalue weighted by molar-refractivity contribution is 0.0686. The van der Waals surface area contributed by atoms with E-state index >= 15 is 0 Å². The molecule has 0 saturated carbocycles. The van der Waals surface area contributed by atoms with Crippen LogP contribution < -0.4 is 4.74 Å². The van der Waals surface area contributed by atoms with E-state index in [1.807, 2.05) is 61.5 Å². The standard InChI is InChI=1S/C27H19ClN2O4/c1-16-14-21(33-15-20-11-8-17-4-2-3-5-23(17)29-20)12-13-22(16)26-24(25(27(31)32)30-34-26)18-6-9-19(28)10-7-18/h2-14H,15H2,1H3,(H,31,32). The molecule has 0 aliphatic carbocycles. The minimum Gasteiger partial charge on any atom is -0.487 e. The maximum Gasteiger partial charge on any atom is 0.358 e. The van der Waals surface area contributed by atoms with E-state index in [2.05, 4.69) is 10.1 Å². The summed E-state index contributed by atoms with van der Waals surface area (Å²) in [5, 5.41) is 15.1. The van der Waals surface area contributed by atoms with Crippen molar-refractivity contribution in [2.75, 3.05) is 0 Å². The fraction of sp³-hybridized carbons (Fsp3) is 0.0741. The lowest BCUT2D eigenvalue weighted by Crippen LogP contribution is -2.00. The number of nitrogens with zero attached hydrogens (tertiary/aromatic N) is 2. The summed E-state index contributed by atoms with van der Waals surface area (Å²) in [6, 6.07) is 24.3. The number of aromatic nitrogens is 2. The van der Waals surface area contributed by atoms with Crippen LogP contribution in [-0.4, -0.2) is 21.2 Å². The number of aromatic carboxylic acids is 1. The maximum absolute atomic E-state index is 11.8. The Morgan fingerprint density at radius 1 is 1.03 bits per heavy atom. The monoisotopic (exact) mass is 470 g/mol. The average molecular weight is 471 g/mol. The van der Waals surface area contributed by atoms with Crippen molar-refractivity contribution in [2.24, 2.45) is 0 Å². The molecule has 0 unspecified atom stereocenters. The first-order valence-electron chi connectivity index (χ1n) is 10.6. The van der Waals surface area contributed by atoms with Gasteiger partial charge in [-0.15, -0.1) is 0 Å². The minimum absolute atomic E-state index is 0.153. The van der Waals surface area contributed by atoms with Gasteiger partial charge >= 0.3 is 5.97 Å². The fourth-order valence-electron chi connectivity index (χ4n) is 3.83. The number of ether oxygens (including phenoxy) is 1. The predicted molar refractivity (Wildman–Crippen MR) is 130 cm³/mol. The Morgan fingerprint density at radius 2 is 1.82 bits per heavy atom. The largest absolute Gasteiger partial charge is 0.487 e. The molecule has 0 aliphatic rings. The normalized spacial score (nSPS) is 11.0. The number of halogens is 1. The highest BCUT2D eigenvalue weighted by Gasteiger charge is 2.25. The Morgan fingerprint density at radius 3 is 2.59 bits per heavy atom. The molecule has 2 aromatic heterocycles. The molecule has 5 aromatic rings. The first-order chi connectivity index (χ1) is 16.5. The quantitative estimate of drug-likeness (QED) is 0.294. The van der Waals surface area contributed by atoms with Crippen LogP contribution in [0.3, 0.4) is 0 Å². The number of benzene rings is 3. The van der Waals surface area contributed by atoms with Gasteiger partial charge in [-0.05, 0) is 60.5 Å². The SMILES string of the molecule is Cc1cc(OCc2ccc3ccccc3n2)ccc1-c1onc(C(=O)O)c1-c1ccc(Cl)cc1. The zero-order valence-corrected chi connectivity index (χ0v) is 18.9. The van der Waals surface area contributed by atoms with E-state index in [1.165, 1.54) is 0 Å². The summed E-state index contributed by atoms with van der Waals surface area (Å²) < 4.78 is 11.5. The molecule has 7 heteroatoms. The summed E-state index contributed by atoms with van der Waals surface area (Å²) >= 11 is 6.00. The van der Waals surface area contributed by atoms with Crippen molar-refractivity contribution in [3.05, 3.63) is 101 Å². The number of hydrogen-bond acceptors (Lipinski definition) is 5. The predicted octanol–water partition coefficient (Wildman–Crippen LogP) is 6.80. The van der Waals surface area contributed by atoms with Gasteiger partial charge in [0.15, 0.2) is 11.5 Å². The number of para-hydroxylation sites is 1. The number of fused-ring (bicyclic) bond motifs is 1. The number of carboxylic acid groups (broad SMARTS) is 1. The van der Waals surface area contributed by atoms with Gasteiger partial charge in [-0.2, -0.15) is 0 Å². The van der Waals surface area contributed by atoms with E-state index in [0.29, 0.717) is 34.3 Å². The van der Waals surface area contributed by atoms with Crippen LogP contribution in [0.25, 0.3) is 33.4 Å². The van der Waals surface area contributed by atoms with Gasteiger partial charge in [0.1, 0.15) is 12.4 Å². The maximum atomic E-state index is 11.8. The van der Waals surface area contributed by atoms with Crippen molar-refractivity contribution < 1.29 is 19.2 Å². The minimum atomic E-state index is -1.17. The molecule has 0 spiro atoms. The van der Waals surface area contributed by atoms with Crippen molar-refractivity contribution in [2.45, 2.75) is 13.5 Å². The molecule has 0 fully saturated rings. The van der Waals surface area contributed by atoms with Crippen molar-refractivity contribution >= 4 is 28.5 Å². The number of hydrogen-bond donors (Lipinski definition) is 1. The molecule has 34 heavy (non-hydrogen) atoms. The molecule has 0 radical (unpaired) electrons. The number of aryl methyl sites for hydroxylation is 1. The smallest absolute Gasteiger partial charge is 0.358 e. The molecular weight excluding hydrogens is 452 g/mol. The Balaban J connectivity index is 1.43. The third-order valence-electron chi connectivity index (χ3n) is 5.51. The molecular formula is C27H19ClN2O4. The molecule has 3 aromatic carbocycles. The van der Waals surface area contributed by atoms with E-state index in [1.54, 1.807) is 24.3 Å². The zero-order valence-electron chi connectivity index (χ0n) is 18.2. The highest BCUT2D eigenvalue weighted by atomic mass is 35.5. The second kappa shape index (κ2) is 9.00. The van der Waals surface area contributed by atoms with Crippen LogP contribution in [0.4, 0.5) is 0 Å². The van der Waals surface area contributed by atoms with Crippen LogP contribution in [0, 0.1) is 6.92 Å². The zero-order chi connectivity index (χ0) is 23.7. The van der Waals surface area contributed by atoms with E-state index in [9.17, 15) is 9.90 Å². The van der Waals surface area contributed by atoms with Crippen molar-refractivity contribution in [3.63, 3.8) is 0 Å². The highest BCUT2D eigenvalue weighted by molar-refractivity contribution is 6.30. The molecule has 0 aliphatic heterocycles. The van der Waals surface area contributed by atoms with E-state index in [4.69, 9.17) is 20.9 Å². The van der Waals surface area contributed by atoms with Gasteiger partial charge in [-0.3, -0.25) is 0 Å². The third-order valence-corrected chi connectivity index (χ3v) is 5.76. The number of carbonyl (C=O) groups is 1. The summed E-state index contributed by atoms with van der Waals surface area (Å²) in [5.74, 6) is -0.123. The summed E-state index contributed by atoms with van der Waals surface area (Å²) in [6.07, 6.45) is 0. The number of carboxylic acids is 1. The number of rotatable bonds is 6. The third kappa shape index (κ3) is 4.23. The van der Waals surface area contributed by atoms with E-state index in [0.717, 1.165) is 27.7 Å². The fourth-order valence-corrected chi connectivity index (χ4v) is 3.96. The van der Waals surface area contributed by atoms with Gasteiger partial charge in [0.2, 0.25) is 0 Å². The van der Waals surface area contributed by atoms with Crippen LogP contribution in [0.5, 0.6) is 5.75 Å². The molecule has 0 amide bonds. The summed E-state index contributed by atoms with van der Waals surface area (Å²) in [6.45, 7) is 2.23. The van der Waals surface area contributed by atoms with Crippen molar-refractivity contribution in [1.82, 2.24) is 10.1 Å². The molecule has 0 bridgehead atoms. The Hall–Kier alpha value is -4.16. The van der Waals surface area contributed by atoms with Crippen LogP contribution in [0.1, 0.15) is 21.7 Å². The van der Waals surface area contributed by atoms with Crippen LogP contribution in [0.2, 0.25) is 5.02 Å². The first kappa shape index (κ1) is 21.7. The van der Waals surface area contributed by atoms with Crippen molar-refractivity contribution in [3.8, 4) is 28.2 Å². The summed E-state index contributed by atoms with van der Waals surface area (Å²) in [5.41, 5.74) is 4.23. The van der Waals surface area contributed by atoms with Gasteiger partial charge in [-0.25, -0.2) is 9.78 Å². The summed E-state index contributed by atoms with van der Waals surface area (Å²) in [4.78, 5) is 16.4. The van der Waals surface area contributed by atoms with Gasteiger partial charge < -0.3 is 14.4 Å². The topological polar surface area (TPSA) is 85.5 Å². The lowest BCUT2D eigenvalue weighted by Gasteiger charge is -2.10. The highest BCUT2D eigenvalue weighted by Crippen LogP contribution is 2.38. The molecule has 2 heterocycles. The summed E-state index contributed by atoms with van der Waals surface area (Å²) in [7, 11) is 0. The average Bonchev–Trinajstić information content (AvgIpc) is 3.28. The molecule has 0 saturated heterocycles. The van der Waals surface area contributed by atoms with Gasteiger partial charge in [0.25, 0.3) is 0 Å². The molecule has 5 rings (SSSR count). The molecule has 168 valence electrons. The van der Waals surface area contributed by atoms with Gasteiger partial charge in [0, 0.05) is 16.0 Å². The molecule has 6 nitrogen and oxygen atoms in total.